The van der Waals surface area contributed by atoms with Crippen LogP contribution in [0.15, 0.2) is 48.5 Å². The van der Waals surface area contributed by atoms with Gasteiger partial charge >= 0.3 is 12.1 Å². The SMILES string of the molecule is CCC(CC)(NC(=O)C[C@@H]1CC[C@H](NC(=O)OCC2c3ccccc3-c3ccccc32)C1)C(=O)O. The van der Waals surface area contributed by atoms with Crippen LogP contribution in [0.25, 0.3) is 11.1 Å². The van der Waals surface area contributed by atoms with Gasteiger partial charge in [0.15, 0.2) is 0 Å². The summed E-state index contributed by atoms with van der Waals surface area (Å²) in [7, 11) is 0. The number of fused-ring (bicyclic) bond motifs is 3. The smallest absolute Gasteiger partial charge is 0.407 e. The second-order valence-corrected chi connectivity index (χ2v) is 9.69. The second-order valence-electron chi connectivity index (χ2n) is 9.69. The van der Waals surface area contributed by atoms with E-state index in [0.717, 1.165) is 12.8 Å². The molecule has 2 amide bonds. The Kier molecular flexibility index (Phi) is 7.43. The maximum absolute atomic E-state index is 12.6. The van der Waals surface area contributed by atoms with E-state index >= 15 is 0 Å². The Balaban J connectivity index is 1.27. The van der Waals surface area contributed by atoms with Gasteiger partial charge in [0.25, 0.3) is 0 Å². The van der Waals surface area contributed by atoms with E-state index < -0.39 is 17.6 Å². The first-order valence-electron chi connectivity index (χ1n) is 12.5. The van der Waals surface area contributed by atoms with Crippen molar-refractivity contribution in [1.82, 2.24) is 10.6 Å². The minimum absolute atomic E-state index is 0.0137. The number of aliphatic carboxylic acids is 1. The van der Waals surface area contributed by atoms with Gasteiger partial charge in [0, 0.05) is 18.4 Å². The topological polar surface area (TPSA) is 105 Å². The Morgan fingerprint density at radius 1 is 0.971 bits per heavy atom. The number of carboxylic acids is 1. The van der Waals surface area contributed by atoms with Gasteiger partial charge in [-0.1, -0.05) is 62.4 Å². The van der Waals surface area contributed by atoms with Crippen molar-refractivity contribution in [3.8, 4) is 11.1 Å². The average Bonchev–Trinajstić information content (AvgIpc) is 3.42. The minimum Gasteiger partial charge on any atom is -0.480 e. The Labute approximate surface area is 206 Å². The molecule has 2 aliphatic rings. The number of ether oxygens (including phenoxy) is 1. The maximum Gasteiger partial charge on any atom is 0.407 e. The van der Waals surface area contributed by atoms with Crippen LogP contribution in [0.4, 0.5) is 4.79 Å². The van der Waals surface area contributed by atoms with E-state index in [9.17, 15) is 19.5 Å². The highest BCUT2D eigenvalue weighted by Gasteiger charge is 2.37. The second kappa shape index (κ2) is 10.5. The van der Waals surface area contributed by atoms with E-state index in [2.05, 4.69) is 34.9 Å². The van der Waals surface area contributed by atoms with Crippen molar-refractivity contribution in [3.63, 3.8) is 0 Å². The third kappa shape index (κ3) is 5.19. The van der Waals surface area contributed by atoms with Gasteiger partial charge in [0.1, 0.15) is 12.1 Å². The van der Waals surface area contributed by atoms with Crippen LogP contribution in [0.2, 0.25) is 0 Å². The molecule has 3 N–H and O–H groups in total. The van der Waals surface area contributed by atoms with Gasteiger partial charge < -0.3 is 20.5 Å². The monoisotopic (exact) mass is 478 g/mol. The summed E-state index contributed by atoms with van der Waals surface area (Å²) in [4.78, 5) is 36.7. The summed E-state index contributed by atoms with van der Waals surface area (Å²) < 4.78 is 5.64. The van der Waals surface area contributed by atoms with Gasteiger partial charge in [-0.2, -0.15) is 0 Å². The molecule has 7 nitrogen and oxygen atoms in total. The van der Waals surface area contributed by atoms with E-state index in [4.69, 9.17) is 4.74 Å². The van der Waals surface area contributed by atoms with Gasteiger partial charge in [0.05, 0.1) is 0 Å². The third-order valence-electron chi connectivity index (χ3n) is 7.68. The Morgan fingerprint density at radius 3 is 2.14 bits per heavy atom. The van der Waals surface area contributed by atoms with Crippen LogP contribution in [0.5, 0.6) is 0 Å². The number of carboxylic acid groups (broad SMARTS) is 1. The number of nitrogens with one attached hydrogen (secondary N) is 2. The van der Waals surface area contributed by atoms with Crippen LogP contribution < -0.4 is 10.6 Å². The van der Waals surface area contributed by atoms with Gasteiger partial charge in [-0.05, 0) is 60.3 Å². The van der Waals surface area contributed by atoms with Crippen LogP contribution in [0, 0.1) is 5.92 Å². The lowest BCUT2D eigenvalue weighted by atomic mass is 9.92. The number of benzene rings is 2. The van der Waals surface area contributed by atoms with Crippen LogP contribution in [0.3, 0.4) is 0 Å². The molecule has 2 aromatic rings. The molecule has 1 fully saturated rings. The molecule has 4 rings (SSSR count). The maximum atomic E-state index is 12.6. The summed E-state index contributed by atoms with van der Waals surface area (Å²) in [5, 5.41) is 15.2. The molecule has 2 aliphatic carbocycles. The third-order valence-corrected chi connectivity index (χ3v) is 7.68. The highest BCUT2D eigenvalue weighted by Crippen LogP contribution is 2.44. The summed E-state index contributed by atoms with van der Waals surface area (Å²) in [6.07, 6.45) is 2.74. The van der Waals surface area contributed by atoms with Crippen LogP contribution in [-0.4, -0.2) is 41.3 Å². The fourth-order valence-electron chi connectivity index (χ4n) is 5.56. The molecule has 0 bridgehead atoms. The summed E-state index contributed by atoms with van der Waals surface area (Å²) in [6.45, 7) is 3.80. The molecule has 35 heavy (non-hydrogen) atoms. The normalized spacial score (nSPS) is 19.0. The lowest BCUT2D eigenvalue weighted by Crippen LogP contribution is -2.54. The lowest BCUT2D eigenvalue weighted by Gasteiger charge is -2.28. The number of amides is 2. The summed E-state index contributed by atoms with van der Waals surface area (Å²) in [5.74, 6) is -1.13. The lowest BCUT2D eigenvalue weighted by molar-refractivity contribution is -0.148. The van der Waals surface area contributed by atoms with E-state index in [0.29, 0.717) is 19.3 Å². The molecule has 0 heterocycles. The zero-order valence-electron chi connectivity index (χ0n) is 20.4. The van der Waals surface area contributed by atoms with Crippen molar-refractivity contribution in [1.29, 1.82) is 0 Å². The highest BCUT2D eigenvalue weighted by atomic mass is 16.5. The number of carbonyl (C=O) groups excluding carboxylic acids is 2. The number of rotatable bonds is 9. The molecule has 1 saturated carbocycles. The van der Waals surface area contributed by atoms with Crippen molar-refractivity contribution >= 4 is 18.0 Å². The first-order chi connectivity index (χ1) is 16.9. The molecule has 0 aromatic heterocycles. The van der Waals surface area contributed by atoms with Crippen molar-refractivity contribution in [2.24, 2.45) is 5.92 Å². The predicted molar refractivity (Wildman–Crippen MR) is 133 cm³/mol. The zero-order valence-corrected chi connectivity index (χ0v) is 20.4. The molecule has 0 saturated heterocycles. The van der Waals surface area contributed by atoms with Crippen molar-refractivity contribution in [3.05, 3.63) is 59.7 Å². The van der Waals surface area contributed by atoms with Gasteiger partial charge in [-0.25, -0.2) is 9.59 Å². The van der Waals surface area contributed by atoms with Crippen molar-refractivity contribution < 1.29 is 24.2 Å². The van der Waals surface area contributed by atoms with E-state index in [1.165, 1.54) is 22.3 Å². The molecule has 0 aliphatic heterocycles. The van der Waals surface area contributed by atoms with E-state index in [-0.39, 0.29) is 36.8 Å². The van der Waals surface area contributed by atoms with Gasteiger partial charge in [-0.15, -0.1) is 0 Å². The van der Waals surface area contributed by atoms with Crippen molar-refractivity contribution in [2.45, 2.75) is 69.9 Å². The van der Waals surface area contributed by atoms with Crippen LogP contribution in [-0.2, 0) is 14.3 Å². The standard InChI is InChI=1S/C28H34N2O5/c1-3-28(4-2,26(32)33)30-25(31)16-18-13-14-19(15-18)29-27(34)35-17-24-22-11-7-5-9-20(22)21-10-6-8-12-23(21)24/h5-12,18-19,24H,3-4,13-17H2,1-2H3,(H,29,34)(H,30,31)(H,32,33)/t18-,19+/m1/s1. The molecule has 7 heteroatoms. The molecule has 0 spiro atoms. The number of carbonyl (C=O) groups is 3. The van der Waals surface area contributed by atoms with Crippen LogP contribution >= 0.6 is 0 Å². The quantitative estimate of drug-likeness (QED) is 0.478. The molecular formula is C28H34N2O5. The van der Waals surface area contributed by atoms with Crippen LogP contribution in [0.1, 0.15) is 69.4 Å². The van der Waals surface area contributed by atoms with Crippen molar-refractivity contribution in [2.75, 3.05) is 6.61 Å². The molecule has 2 aromatic carbocycles. The fraction of sp³-hybridized carbons (Fsp3) is 0.464. The zero-order chi connectivity index (χ0) is 25.0. The van der Waals surface area contributed by atoms with Gasteiger partial charge in [-0.3, -0.25) is 4.79 Å². The first-order valence-corrected chi connectivity index (χ1v) is 12.5. The molecule has 0 unspecified atom stereocenters. The average molecular weight is 479 g/mol. The Hall–Kier alpha value is -3.35. The highest BCUT2D eigenvalue weighted by molar-refractivity contribution is 5.87. The number of hydrogen-bond donors (Lipinski definition) is 3. The van der Waals surface area contributed by atoms with E-state index in [1.807, 2.05) is 24.3 Å². The van der Waals surface area contributed by atoms with E-state index in [1.54, 1.807) is 13.8 Å². The largest absolute Gasteiger partial charge is 0.480 e. The summed E-state index contributed by atoms with van der Waals surface area (Å²) in [5.41, 5.74) is 3.50. The fourth-order valence-corrected chi connectivity index (χ4v) is 5.56. The summed E-state index contributed by atoms with van der Waals surface area (Å²) >= 11 is 0. The first kappa shape index (κ1) is 24.8. The molecular weight excluding hydrogens is 444 g/mol. The Morgan fingerprint density at radius 2 is 1.57 bits per heavy atom. The number of alkyl carbamates (subject to hydrolysis) is 1. The number of hydrogen-bond acceptors (Lipinski definition) is 4. The minimum atomic E-state index is -1.21. The molecule has 186 valence electrons. The predicted octanol–water partition coefficient (Wildman–Crippen LogP) is 4.84. The molecule has 0 radical (unpaired) electrons. The van der Waals surface area contributed by atoms with Gasteiger partial charge in [0.2, 0.25) is 5.91 Å². The molecule has 2 atom stereocenters. The Bertz CT molecular complexity index is 1050. The summed E-state index contributed by atoms with van der Waals surface area (Å²) in [6, 6.07) is 16.4.